The van der Waals surface area contributed by atoms with Crippen LogP contribution in [0.3, 0.4) is 0 Å². The van der Waals surface area contributed by atoms with Gasteiger partial charge in [-0.2, -0.15) is 28.3 Å². The lowest BCUT2D eigenvalue weighted by molar-refractivity contribution is -0.114. The van der Waals surface area contributed by atoms with Gasteiger partial charge in [-0.25, -0.2) is 0 Å². The molecule has 0 radical (unpaired) electrons. The molecule has 2 aromatic rings. The highest BCUT2D eigenvalue weighted by Gasteiger charge is 2.46. The number of thioether (sulfide) groups is 1. The van der Waals surface area contributed by atoms with Crippen LogP contribution in [0.25, 0.3) is 6.08 Å². The Morgan fingerprint density at radius 2 is 1.67 bits per heavy atom. The van der Waals surface area contributed by atoms with E-state index in [1.807, 2.05) is 18.2 Å². The molecule has 0 unspecified atom stereocenters. The number of alkyl halides is 3. The molecule has 4 rings (SSSR count). The van der Waals surface area contributed by atoms with Crippen molar-refractivity contribution in [2.24, 2.45) is 10.1 Å². The molecule has 0 saturated heterocycles. The van der Waals surface area contributed by atoms with Crippen molar-refractivity contribution in [2.45, 2.75) is 12.6 Å². The van der Waals surface area contributed by atoms with Crippen LogP contribution in [0.2, 0.25) is 0 Å². The van der Waals surface area contributed by atoms with E-state index >= 15 is 0 Å². The highest BCUT2D eigenvalue weighted by atomic mass is 32.2. The number of fused-ring (bicyclic) bond motifs is 1. The third-order valence-corrected chi connectivity index (χ3v) is 6.36. The summed E-state index contributed by atoms with van der Waals surface area (Å²) in [6.07, 6.45) is -0.879. The van der Waals surface area contributed by atoms with E-state index in [2.05, 4.69) is 16.7 Å². The average molecular weight is 561 g/mol. The molecule has 0 fully saturated rings. The van der Waals surface area contributed by atoms with Crippen molar-refractivity contribution in [1.82, 2.24) is 5.01 Å². The van der Waals surface area contributed by atoms with E-state index < -0.39 is 23.0 Å². The predicted octanol–water partition coefficient (Wildman–Crippen LogP) is 5.07. The normalized spacial score (nSPS) is 16.0. The minimum atomic E-state index is -4.71. The Labute approximate surface area is 226 Å². The zero-order chi connectivity index (χ0) is 28.2. The number of amides is 1. The number of carbonyl (C=O) groups excluding carboxylic acids is 1. The van der Waals surface area contributed by atoms with Crippen molar-refractivity contribution in [3.8, 4) is 23.0 Å². The van der Waals surface area contributed by atoms with Crippen LogP contribution >= 0.6 is 11.8 Å². The van der Waals surface area contributed by atoms with Crippen molar-refractivity contribution in [3.05, 3.63) is 65.8 Å². The van der Waals surface area contributed by atoms with Gasteiger partial charge in [0.05, 0.1) is 19.8 Å². The SMILES string of the molecule is C=CCc1ccc(OCCOc2ccc(/C=C3/C(=N)N4N=C(C(F)(F)F)SC4=NC3=O)cc2OC)c(OC)c1. The first-order chi connectivity index (χ1) is 18.6. The summed E-state index contributed by atoms with van der Waals surface area (Å²) in [6.45, 7) is 4.12. The molecular weight excluding hydrogens is 537 g/mol. The van der Waals surface area contributed by atoms with E-state index in [-0.39, 0.29) is 35.7 Å². The Balaban J connectivity index is 1.43. The lowest BCUT2D eigenvalue weighted by Gasteiger charge is -2.20. The molecule has 39 heavy (non-hydrogen) atoms. The lowest BCUT2D eigenvalue weighted by atomic mass is 10.1. The van der Waals surface area contributed by atoms with Crippen LogP contribution in [0, 0.1) is 5.41 Å². The number of allylic oxidation sites excluding steroid dienone is 1. The molecule has 1 N–H and O–H groups in total. The number of hydrogen-bond donors (Lipinski definition) is 1. The number of hydrogen-bond acceptors (Lipinski definition) is 8. The monoisotopic (exact) mass is 560 g/mol. The average Bonchev–Trinajstić information content (AvgIpc) is 3.35. The Hall–Kier alpha value is -4.26. The summed E-state index contributed by atoms with van der Waals surface area (Å²) >= 11 is 0.192. The number of aliphatic imine (C=N–C) groups is 1. The first-order valence-corrected chi connectivity index (χ1v) is 12.2. The van der Waals surface area contributed by atoms with E-state index in [1.165, 1.54) is 13.2 Å². The number of nitrogens with one attached hydrogen (secondary N) is 1. The van der Waals surface area contributed by atoms with Gasteiger partial charge in [0.25, 0.3) is 5.91 Å². The summed E-state index contributed by atoms with van der Waals surface area (Å²) in [6, 6.07) is 10.4. The zero-order valence-electron chi connectivity index (χ0n) is 20.9. The summed E-state index contributed by atoms with van der Waals surface area (Å²) in [5.74, 6) is 0.539. The zero-order valence-corrected chi connectivity index (χ0v) is 21.7. The molecule has 2 aliphatic rings. The molecule has 204 valence electrons. The second-order valence-corrected chi connectivity index (χ2v) is 8.96. The third kappa shape index (κ3) is 6.25. The molecule has 0 atom stereocenters. The quantitative estimate of drug-likeness (QED) is 0.246. The number of ether oxygens (including phenoxy) is 4. The van der Waals surface area contributed by atoms with Gasteiger partial charge >= 0.3 is 6.18 Å². The van der Waals surface area contributed by atoms with Gasteiger partial charge in [-0.1, -0.05) is 18.2 Å². The van der Waals surface area contributed by atoms with Crippen molar-refractivity contribution in [1.29, 1.82) is 5.41 Å². The van der Waals surface area contributed by atoms with Crippen LogP contribution < -0.4 is 18.9 Å². The fraction of sp³-hybridized carbons (Fsp3) is 0.231. The Bertz CT molecular complexity index is 1400. The maximum Gasteiger partial charge on any atom is 0.441 e. The number of halogens is 3. The van der Waals surface area contributed by atoms with Gasteiger partial charge in [0, 0.05) is 0 Å². The van der Waals surface area contributed by atoms with E-state index in [1.54, 1.807) is 31.4 Å². The van der Waals surface area contributed by atoms with Crippen molar-refractivity contribution < 1.29 is 36.9 Å². The Morgan fingerprint density at radius 1 is 1.03 bits per heavy atom. The number of amidine groups is 2. The van der Waals surface area contributed by atoms with Gasteiger partial charge in [-0.3, -0.25) is 10.2 Å². The highest BCUT2D eigenvalue weighted by Crippen LogP contribution is 2.36. The molecule has 0 saturated carbocycles. The molecule has 9 nitrogen and oxygen atoms in total. The number of benzene rings is 2. The maximum atomic E-state index is 13.0. The second-order valence-electron chi connectivity index (χ2n) is 8.01. The van der Waals surface area contributed by atoms with E-state index in [9.17, 15) is 18.0 Å². The van der Waals surface area contributed by atoms with Crippen LogP contribution in [-0.2, 0) is 11.2 Å². The Morgan fingerprint density at radius 3 is 2.28 bits per heavy atom. The van der Waals surface area contributed by atoms with Crippen molar-refractivity contribution >= 4 is 39.8 Å². The van der Waals surface area contributed by atoms with Gasteiger partial charge in [-0.05, 0) is 59.7 Å². The molecular formula is C26H23F3N4O5S. The molecule has 0 aliphatic carbocycles. The topological polar surface area (TPSA) is 106 Å². The molecule has 2 aliphatic heterocycles. The fourth-order valence-electron chi connectivity index (χ4n) is 3.59. The van der Waals surface area contributed by atoms with E-state index in [4.69, 9.17) is 24.4 Å². The first-order valence-electron chi connectivity index (χ1n) is 11.4. The number of hydrazone groups is 1. The van der Waals surface area contributed by atoms with Gasteiger partial charge in [0.2, 0.25) is 10.2 Å². The molecule has 1 amide bonds. The summed E-state index contributed by atoms with van der Waals surface area (Å²) < 4.78 is 61.4. The van der Waals surface area contributed by atoms with E-state index in [0.29, 0.717) is 40.0 Å². The molecule has 0 aromatic heterocycles. The predicted molar refractivity (Wildman–Crippen MR) is 142 cm³/mol. The molecule has 0 bridgehead atoms. The minimum Gasteiger partial charge on any atom is -0.493 e. The summed E-state index contributed by atoms with van der Waals surface area (Å²) in [4.78, 5) is 16.1. The molecule has 2 heterocycles. The summed E-state index contributed by atoms with van der Waals surface area (Å²) in [5.41, 5.74) is 1.27. The fourth-order valence-corrected chi connectivity index (χ4v) is 4.35. The largest absolute Gasteiger partial charge is 0.493 e. The molecule has 13 heteroatoms. The van der Waals surface area contributed by atoms with Crippen LogP contribution in [0.1, 0.15) is 11.1 Å². The molecule has 0 spiro atoms. The maximum absolute atomic E-state index is 13.0. The number of methoxy groups -OCH3 is 2. The van der Waals surface area contributed by atoms with Gasteiger partial charge in [-0.15, -0.1) is 6.58 Å². The first kappa shape index (κ1) is 27.8. The summed E-state index contributed by atoms with van der Waals surface area (Å²) in [7, 11) is 2.99. The Kier molecular flexibility index (Phi) is 8.29. The van der Waals surface area contributed by atoms with Crippen LogP contribution in [0.5, 0.6) is 23.0 Å². The smallest absolute Gasteiger partial charge is 0.441 e. The number of carbonyl (C=O) groups is 1. The van der Waals surface area contributed by atoms with Crippen LogP contribution in [0.15, 0.2) is 64.7 Å². The van der Waals surface area contributed by atoms with Crippen molar-refractivity contribution in [3.63, 3.8) is 0 Å². The van der Waals surface area contributed by atoms with Gasteiger partial charge < -0.3 is 18.9 Å². The second kappa shape index (κ2) is 11.6. The third-order valence-electron chi connectivity index (χ3n) is 5.40. The number of rotatable bonds is 10. The van der Waals surface area contributed by atoms with Crippen LogP contribution in [-0.4, -0.2) is 60.6 Å². The van der Waals surface area contributed by atoms with E-state index in [0.717, 1.165) is 5.56 Å². The molecule has 2 aromatic carbocycles. The van der Waals surface area contributed by atoms with Gasteiger partial charge in [0.1, 0.15) is 13.2 Å². The minimum absolute atomic E-state index is 0.182. The van der Waals surface area contributed by atoms with Crippen molar-refractivity contribution in [2.75, 3.05) is 27.4 Å². The standard InChI is InChI=1S/C26H23F3N4O5S/c1-4-5-15-6-8-18(20(13-15)35-2)37-10-11-38-19-9-7-16(14-21(19)36-3)12-17-22(30)33-25(31-23(17)34)39-24(32-33)26(27,28)29/h4,6-9,12-14,30H,1,5,10-11H2,2-3H3/b17-12-,30-22?. The summed E-state index contributed by atoms with van der Waals surface area (Å²) in [5, 5.41) is 10.8. The van der Waals surface area contributed by atoms with Crippen LogP contribution in [0.4, 0.5) is 13.2 Å². The van der Waals surface area contributed by atoms with Gasteiger partial charge in [0.15, 0.2) is 28.8 Å². The lowest BCUT2D eigenvalue weighted by Crippen LogP contribution is -2.35. The highest BCUT2D eigenvalue weighted by molar-refractivity contribution is 8.27. The number of nitrogens with zero attached hydrogens (tertiary/aromatic N) is 3.